The largest absolute Gasteiger partial charge is 0.444 e. The lowest BCUT2D eigenvalue weighted by molar-refractivity contribution is 0.583. The maximum absolute atomic E-state index is 11.0. The molecule has 0 spiro atoms. The van der Waals surface area contributed by atoms with Crippen molar-refractivity contribution in [1.82, 2.24) is 4.98 Å². The van der Waals surface area contributed by atoms with Crippen LogP contribution in [0.5, 0.6) is 0 Å². The van der Waals surface area contributed by atoms with Gasteiger partial charge in [0, 0.05) is 11.6 Å². The van der Waals surface area contributed by atoms with E-state index in [1.165, 1.54) is 0 Å². The number of pyridine rings is 1. The molecule has 0 saturated heterocycles. The first-order chi connectivity index (χ1) is 5.27. The zero-order valence-electron chi connectivity index (χ0n) is 5.43. The number of nitrogens with one attached hydrogen (secondary N) is 1. The standard InChI is InChI=1S/C7H4BrNO2/c8-5-3-4-1-2-9-7(10)6(4)11-5/h1-3H,(H,9,10). The third kappa shape index (κ3) is 0.991. The van der Waals surface area contributed by atoms with Gasteiger partial charge in [-0.15, -0.1) is 0 Å². The Hall–Kier alpha value is -1.03. The van der Waals surface area contributed by atoms with Crippen molar-refractivity contribution in [3.8, 4) is 0 Å². The van der Waals surface area contributed by atoms with Crippen LogP contribution in [0.25, 0.3) is 11.0 Å². The van der Waals surface area contributed by atoms with Gasteiger partial charge in [0.15, 0.2) is 4.67 Å². The number of rotatable bonds is 0. The first-order valence-electron chi connectivity index (χ1n) is 3.04. The van der Waals surface area contributed by atoms with Crippen molar-refractivity contribution >= 4 is 26.9 Å². The van der Waals surface area contributed by atoms with E-state index < -0.39 is 0 Å². The molecule has 0 aliphatic heterocycles. The van der Waals surface area contributed by atoms with Gasteiger partial charge in [-0.25, -0.2) is 0 Å². The van der Waals surface area contributed by atoms with E-state index in [4.69, 9.17) is 4.42 Å². The number of halogens is 1. The van der Waals surface area contributed by atoms with E-state index in [0.717, 1.165) is 5.39 Å². The van der Waals surface area contributed by atoms with Crippen molar-refractivity contribution in [3.05, 3.63) is 33.4 Å². The summed E-state index contributed by atoms with van der Waals surface area (Å²) < 4.78 is 5.64. The summed E-state index contributed by atoms with van der Waals surface area (Å²) in [7, 11) is 0. The van der Waals surface area contributed by atoms with E-state index in [2.05, 4.69) is 20.9 Å². The normalized spacial score (nSPS) is 10.6. The van der Waals surface area contributed by atoms with E-state index in [0.29, 0.717) is 10.3 Å². The molecule has 0 amide bonds. The van der Waals surface area contributed by atoms with Gasteiger partial charge in [-0.2, -0.15) is 0 Å². The molecule has 0 saturated carbocycles. The summed E-state index contributed by atoms with van der Waals surface area (Å²) in [6, 6.07) is 3.54. The number of H-pyrrole nitrogens is 1. The molecule has 3 nitrogen and oxygen atoms in total. The monoisotopic (exact) mass is 213 g/mol. The highest BCUT2D eigenvalue weighted by Gasteiger charge is 2.02. The number of hydrogen-bond donors (Lipinski definition) is 1. The summed E-state index contributed by atoms with van der Waals surface area (Å²) in [6.07, 6.45) is 1.59. The van der Waals surface area contributed by atoms with Gasteiger partial charge in [-0.1, -0.05) is 0 Å². The highest BCUT2D eigenvalue weighted by molar-refractivity contribution is 9.10. The first-order valence-corrected chi connectivity index (χ1v) is 3.83. The number of furan rings is 1. The minimum Gasteiger partial charge on any atom is -0.444 e. The van der Waals surface area contributed by atoms with Crippen LogP contribution in [0.1, 0.15) is 0 Å². The van der Waals surface area contributed by atoms with Gasteiger partial charge < -0.3 is 9.40 Å². The molecule has 0 atom stereocenters. The molecule has 0 aliphatic carbocycles. The lowest BCUT2D eigenvalue weighted by Gasteiger charge is -1.82. The SMILES string of the molecule is O=c1[nH]ccc2cc(Br)oc12. The molecule has 1 N–H and O–H groups in total. The molecule has 56 valence electrons. The van der Waals surface area contributed by atoms with Gasteiger partial charge in [0.25, 0.3) is 5.56 Å². The summed E-state index contributed by atoms with van der Waals surface area (Å²) in [5.41, 5.74) is 0.160. The Bertz CT molecular complexity index is 443. The molecule has 0 bridgehead atoms. The van der Waals surface area contributed by atoms with Gasteiger partial charge in [-0.05, 0) is 28.1 Å². The van der Waals surface area contributed by atoms with Crippen molar-refractivity contribution in [3.63, 3.8) is 0 Å². The zero-order valence-corrected chi connectivity index (χ0v) is 7.01. The number of fused-ring (bicyclic) bond motifs is 1. The second-order valence-electron chi connectivity index (χ2n) is 2.14. The molecular weight excluding hydrogens is 210 g/mol. The third-order valence-corrected chi connectivity index (χ3v) is 1.81. The number of aromatic nitrogens is 1. The molecule has 0 fully saturated rings. The van der Waals surface area contributed by atoms with E-state index in [9.17, 15) is 4.79 Å². The topological polar surface area (TPSA) is 46.0 Å². The molecule has 0 radical (unpaired) electrons. The lowest BCUT2D eigenvalue weighted by Crippen LogP contribution is -2.01. The molecule has 0 unspecified atom stereocenters. The average molecular weight is 214 g/mol. The van der Waals surface area contributed by atoms with Crippen LogP contribution < -0.4 is 5.56 Å². The molecule has 2 aromatic rings. The first kappa shape index (κ1) is 6.67. The van der Waals surface area contributed by atoms with Crippen molar-refractivity contribution in [2.45, 2.75) is 0 Å². The van der Waals surface area contributed by atoms with Gasteiger partial charge >= 0.3 is 0 Å². The zero-order chi connectivity index (χ0) is 7.84. The van der Waals surface area contributed by atoms with Crippen LogP contribution in [-0.2, 0) is 0 Å². The van der Waals surface area contributed by atoms with Crippen molar-refractivity contribution < 1.29 is 4.42 Å². The third-order valence-electron chi connectivity index (χ3n) is 1.41. The molecule has 11 heavy (non-hydrogen) atoms. The summed E-state index contributed by atoms with van der Waals surface area (Å²) in [4.78, 5) is 13.5. The van der Waals surface area contributed by atoms with Gasteiger partial charge in [0.1, 0.15) is 0 Å². The number of aromatic amines is 1. The predicted molar refractivity (Wildman–Crippen MR) is 44.5 cm³/mol. The summed E-state index contributed by atoms with van der Waals surface area (Å²) in [6.45, 7) is 0. The van der Waals surface area contributed by atoms with Gasteiger partial charge in [-0.3, -0.25) is 4.79 Å². The average Bonchev–Trinajstić information content (AvgIpc) is 2.31. The van der Waals surface area contributed by atoms with Crippen molar-refractivity contribution in [2.24, 2.45) is 0 Å². The minimum absolute atomic E-state index is 0.201. The molecule has 2 rings (SSSR count). The fraction of sp³-hybridized carbons (Fsp3) is 0. The highest BCUT2D eigenvalue weighted by atomic mass is 79.9. The van der Waals surface area contributed by atoms with E-state index >= 15 is 0 Å². The van der Waals surface area contributed by atoms with Crippen LogP contribution in [0.3, 0.4) is 0 Å². The molecule has 2 heterocycles. The molecular formula is C7H4BrNO2. The highest BCUT2D eigenvalue weighted by Crippen LogP contribution is 2.19. The summed E-state index contributed by atoms with van der Waals surface area (Å²) in [5.74, 6) is 0. The summed E-state index contributed by atoms with van der Waals surface area (Å²) >= 11 is 3.14. The Balaban J connectivity index is 3.02. The predicted octanol–water partition coefficient (Wildman–Crippen LogP) is 1.88. The van der Waals surface area contributed by atoms with E-state index in [-0.39, 0.29) is 5.56 Å². The Morgan fingerprint density at radius 1 is 1.55 bits per heavy atom. The molecule has 0 aliphatic rings. The van der Waals surface area contributed by atoms with Crippen LogP contribution in [0.15, 0.2) is 32.2 Å². The molecule has 0 aromatic carbocycles. The minimum atomic E-state index is -0.201. The van der Waals surface area contributed by atoms with Crippen LogP contribution >= 0.6 is 15.9 Å². The van der Waals surface area contributed by atoms with Gasteiger partial charge in [0.05, 0.1) is 0 Å². The smallest absolute Gasteiger partial charge is 0.291 e. The van der Waals surface area contributed by atoms with E-state index in [1.807, 2.05) is 0 Å². The second kappa shape index (κ2) is 2.23. The fourth-order valence-electron chi connectivity index (χ4n) is 0.948. The Labute approximate surface area is 70.2 Å². The second-order valence-corrected chi connectivity index (χ2v) is 2.92. The van der Waals surface area contributed by atoms with Crippen LogP contribution in [0.2, 0.25) is 0 Å². The van der Waals surface area contributed by atoms with Crippen LogP contribution in [0.4, 0.5) is 0 Å². The van der Waals surface area contributed by atoms with Crippen molar-refractivity contribution in [1.29, 1.82) is 0 Å². The quantitative estimate of drug-likeness (QED) is 0.727. The van der Waals surface area contributed by atoms with Crippen LogP contribution in [-0.4, -0.2) is 4.98 Å². The summed E-state index contributed by atoms with van der Waals surface area (Å²) in [5, 5.41) is 0.806. The Kier molecular flexibility index (Phi) is 1.35. The van der Waals surface area contributed by atoms with Crippen molar-refractivity contribution in [2.75, 3.05) is 0 Å². The van der Waals surface area contributed by atoms with Crippen LogP contribution in [0, 0.1) is 0 Å². The Morgan fingerprint density at radius 2 is 2.36 bits per heavy atom. The van der Waals surface area contributed by atoms with E-state index in [1.54, 1.807) is 18.3 Å². The fourth-order valence-corrected chi connectivity index (χ4v) is 1.36. The lowest BCUT2D eigenvalue weighted by atomic mass is 10.3. The number of hydrogen-bond acceptors (Lipinski definition) is 2. The molecule has 4 heteroatoms. The Morgan fingerprint density at radius 3 is 3.09 bits per heavy atom. The maximum Gasteiger partial charge on any atom is 0.291 e. The molecule has 2 aromatic heterocycles. The van der Waals surface area contributed by atoms with Gasteiger partial charge in [0.2, 0.25) is 5.58 Å². The maximum atomic E-state index is 11.0.